The van der Waals surface area contributed by atoms with E-state index < -0.39 is 5.91 Å². The van der Waals surface area contributed by atoms with E-state index in [1.54, 1.807) is 24.2 Å². The highest BCUT2D eigenvalue weighted by molar-refractivity contribution is 6.06. The van der Waals surface area contributed by atoms with E-state index in [4.69, 9.17) is 4.74 Å². The van der Waals surface area contributed by atoms with Crippen molar-refractivity contribution in [3.8, 4) is 22.9 Å². The summed E-state index contributed by atoms with van der Waals surface area (Å²) in [5.74, 6) is -0.279. The number of nitrogens with zero attached hydrogens (tertiary/aromatic N) is 3. The fourth-order valence-corrected chi connectivity index (χ4v) is 4.26. The molecule has 0 fully saturated rings. The number of fused-ring (bicyclic) bond motifs is 1. The average molecular weight is 469 g/mol. The lowest BCUT2D eigenvalue weighted by Gasteiger charge is -2.15. The largest absolute Gasteiger partial charge is 0.508 e. The molecule has 0 spiro atoms. The molecule has 0 atom stereocenters. The number of aromatic nitrogens is 3. The molecule has 0 unspecified atom stereocenters. The van der Waals surface area contributed by atoms with E-state index in [1.165, 1.54) is 10.6 Å². The van der Waals surface area contributed by atoms with Crippen LogP contribution in [0.2, 0.25) is 0 Å². The third kappa shape index (κ3) is 3.85. The molecule has 0 radical (unpaired) electrons. The Bertz CT molecular complexity index is 1550. The Hall–Kier alpha value is -4.72. The van der Waals surface area contributed by atoms with Gasteiger partial charge in [-0.2, -0.15) is 5.10 Å². The molecule has 3 N–H and O–H groups in total. The molecule has 3 aromatic carbocycles. The van der Waals surface area contributed by atoms with Gasteiger partial charge in [0.2, 0.25) is 0 Å². The average Bonchev–Trinajstić information content (AvgIpc) is 3.40. The zero-order valence-corrected chi connectivity index (χ0v) is 19.5. The third-order valence-electron chi connectivity index (χ3n) is 5.97. The minimum atomic E-state index is -0.436. The summed E-state index contributed by atoms with van der Waals surface area (Å²) in [6.45, 7) is 3.72. The van der Waals surface area contributed by atoms with E-state index in [0.29, 0.717) is 17.1 Å². The van der Waals surface area contributed by atoms with Crippen LogP contribution in [0.5, 0.6) is 17.2 Å². The van der Waals surface area contributed by atoms with Crippen molar-refractivity contribution in [3.63, 3.8) is 0 Å². The summed E-state index contributed by atoms with van der Waals surface area (Å²) in [4.78, 5) is 13.5. The van der Waals surface area contributed by atoms with Gasteiger partial charge in [0, 0.05) is 24.5 Å². The lowest BCUT2D eigenvalue weighted by atomic mass is 10.1. The van der Waals surface area contributed by atoms with Crippen molar-refractivity contribution < 1.29 is 19.7 Å². The second-order valence-electron chi connectivity index (χ2n) is 8.24. The van der Waals surface area contributed by atoms with Gasteiger partial charge in [0.1, 0.15) is 28.5 Å². The van der Waals surface area contributed by atoms with E-state index in [2.05, 4.69) is 10.4 Å². The van der Waals surface area contributed by atoms with Gasteiger partial charge in [-0.1, -0.05) is 36.4 Å². The van der Waals surface area contributed by atoms with Crippen molar-refractivity contribution >= 4 is 28.1 Å². The van der Waals surface area contributed by atoms with E-state index in [9.17, 15) is 15.0 Å². The molecular weight excluding hydrogens is 444 g/mol. The number of hydrogen-bond acceptors (Lipinski definition) is 6. The fourth-order valence-electron chi connectivity index (χ4n) is 4.26. The van der Waals surface area contributed by atoms with E-state index in [0.717, 1.165) is 28.2 Å². The standard InChI is InChI=1S/C27H24N4O4/c1-16-26(17(2)31(29-16)22-10-6-7-11-24(22)35-3)28-21-12-20(32)13-23(33)25(21)27(34)30-14-18-8-4-5-9-19(18)15-30/h4-15,28,32-33H,1-3H3. The molecule has 0 amide bonds. The molecule has 8 nitrogen and oxygen atoms in total. The number of nitrogens with one attached hydrogen (secondary N) is 1. The van der Waals surface area contributed by atoms with Crippen molar-refractivity contribution in [2.75, 3.05) is 12.4 Å². The van der Waals surface area contributed by atoms with Crippen molar-refractivity contribution in [1.82, 2.24) is 14.3 Å². The minimum Gasteiger partial charge on any atom is -0.508 e. The van der Waals surface area contributed by atoms with Gasteiger partial charge >= 0.3 is 0 Å². The van der Waals surface area contributed by atoms with Gasteiger partial charge < -0.3 is 20.3 Å². The second-order valence-corrected chi connectivity index (χ2v) is 8.24. The molecule has 0 aliphatic heterocycles. The van der Waals surface area contributed by atoms with E-state index >= 15 is 0 Å². The molecule has 2 aromatic heterocycles. The number of phenols is 2. The Morgan fingerprint density at radius 2 is 1.63 bits per heavy atom. The SMILES string of the molecule is COc1ccccc1-n1nc(C)c(Nc2cc(O)cc(O)c2C(=O)n2cc3ccccc3c2)c1C. The number of methoxy groups -OCH3 is 1. The summed E-state index contributed by atoms with van der Waals surface area (Å²) in [5.41, 5.74) is 3.13. The first-order chi connectivity index (χ1) is 16.9. The predicted molar refractivity (Wildman–Crippen MR) is 134 cm³/mol. The van der Waals surface area contributed by atoms with Gasteiger partial charge in [-0.05, 0) is 36.8 Å². The van der Waals surface area contributed by atoms with Crippen LogP contribution < -0.4 is 10.1 Å². The van der Waals surface area contributed by atoms with E-state index in [-0.39, 0.29) is 22.7 Å². The Morgan fingerprint density at radius 3 is 2.31 bits per heavy atom. The zero-order valence-electron chi connectivity index (χ0n) is 19.5. The maximum absolute atomic E-state index is 13.5. The molecule has 0 saturated heterocycles. The van der Waals surface area contributed by atoms with Crippen LogP contribution in [0, 0.1) is 13.8 Å². The van der Waals surface area contributed by atoms with Crippen LogP contribution in [0.4, 0.5) is 11.4 Å². The first-order valence-corrected chi connectivity index (χ1v) is 11.0. The fraction of sp³-hybridized carbons (Fsp3) is 0.111. The summed E-state index contributed by atoms with van der Waals surface area (Å²) in [5, 5.41) is 30.6. The molecule has 5 rings (SSSR count). The first kappa shape index (κ1) is 22.1. The summed E-state index contributed by atoms with van der Waals surface area (Å²) in [7, 11) is 1.60. The molecule has 35 heavy (non-hydrogen) atoms. The lowest BCUT2D eigenvalue weighted by Crippen LogP contribution is -2.12. The van der Waals surface area contributed by atoms with Crippen molar-refractivity contribution in [2.24, 2.45) is 0 Å². The van der Waals surface area contributed by atoms with Crippen LogP contribution in [-0.4, -0.2) is 37.6 Å². The summed E-state index contributed by atoms with van der Waals surface area (Å²) in [6, 6.07) is 17.7. The highest BCUT2D eigenvalue weighted by atomic mass is 16.5. The molecule has 0 bridgehead atoms. The Morgan fingerprint density at radius 1 is 0.971 bits per heavy atom. The molecule has 176 valence electrons. The monoisotopic (exact) mass is 468 g/mol. The number of carbonyl (C=O) groups is 1. The van der Waals surface area contributed by atoms with Gasteiger partial charge in [0.05, 0.1) is 29.9 Å². The van der Waals surface area contributed by atoms with Crippen molar-refractivity contribution in [2.45, 2.75) is 13.8 Å². The highest BCUT2D eigenvalue weighted by Gasteiger charge is 2.23. The molecule has 8 heteroatoms. The number of aryl methyl sites for hydroxylation is 1. The molecule has 2 heterocycles. The summed E-state index contributed by atoms with van der Waals surface area (Å²) >= 11 is 0. The van der Waals surface area contributed by atoms with Gasteiger partial charge in [-0.25, -0.2) is 4.68 Å². The van der Waals surface area contributed by atoms with Crippen LogP contribution in [0.3, 0.4) is 0 Å². The Kier molecular flexibility index (Phi) is 5.41. The lowest BCUT2D eigenvalue weighted by molar-refractivity contribution is 0.0959. The zero-order chi connectivity index (χ0) is 24.7. The van der Waals surface area contributed by atoms with Crippen LogP contribution in [0.15, 0.2) is 73.1 Å². The number of para-hydroxylation sites is 2. The number of ether oxygens (including phenoxy) is 1. The quantitative estimate of drug-likeness (QED) is 0.324. The number of phenolic OH excluding ortho intramolecular Hbond substituents is 2. The molecule has 0 saturated carbocycles. The Balaban J connectivity index is 1.59. The van der Waals surface area contributed by atoms with E-state index in [1.807, 2.05) is 62.4 Å². The maximum atomic E-state index is 13.5. The number of anilines is 2. The number of carbonyl (C=O) groups excluding carboxylic acids is 1. The first-order valence-electron chi connectivity index (χ1n) is 11.0. The van der Waals surface area contributed by atoms with Gasteiger partial charge in [-0.15, -0.1) is 0 Å². The smallest absolute Gasteiger partial charge is 0.267 e. The van der Waals surface area contributed by atoms with Crippen molar-refractivity contribution in [3.05, 3.63) is 90.0 Å². The van der Waals surface area contributed by atoms with Gasteiger partial charge in [0.25, 0.3) is 5.91 Å². The van der Waals surface area contributed by atoms with Gasteiger partial charge in [0.15, 0.2) is 0 Å². The predicted octanol–water partition coefficient (Wildman–Crippen LogP) is 5.30. The van der Waals surface area contributed by atoms with Crippen molar-refractivity contribution in [1.29, 1.82) is 0 Å². The summed E-state index contributed by atoms with van der Waals surface area (Å²) in [6.07, 6.45) is 3.42. The van der Waals surface area contributed by atoms with Crippen LogP contribution >= 0.6 is 0 Å². The molecule has 0 aliphatic rings. The summed E-state index contributed by atoms with van der Waals surface area (Å²) < 4.78 is 8.66. The van der Waals surface area contributed by atoms with Crippen LogP contribution in [0.1, 0.15) is 21.7 Å². The number of hydrogen-bond donors (Lipinski definition) is 3. The highest BCUT2D eigenvalue weighted by Crippen LogP contribution is 2.36. The number of benzene rings is 3. The molecular formula is C27H24N4O4. The molecule has 0 aliphatic carbocycles. The number of rotatable bonds is 5. The van der Waals surface area contributed by atoms with Crippen LogP contribution in [0.25, 0.3) is 16.5 Å². The maximum Gasteiger partial charge on any atom is 0.267 e. The Labute approximate surface area is 201 Å². The second kappa shape index (κ2) is 8.57. The van der Waals surface area contributed by atoms with Crippen LogP contribution in [-0.2, 0) is 0 Å². The third-order valence-corrected chi connectivity index (χ3v) is 5.97. The topological polar surface area (TPSA) is 102 Å². The minimum absolute atomic E-state index is 0.0342. The normalized spacial score (nSPS) is 11.1. The number of aromatic hydroxyl groups is 2. The van der Waals surface area contributed by atoms with Gasteiger partial charge in [-0.3, -0.25) is 9.36 Å². The molecule has 5 aromatic rings.